The molecule has 0 aliphatic heterocycles. The number of methoxy groups -OCH3 is 1. The molecule has 0 aliphatic rings. The molecule has 0 aliphatic carbocycles. The van der Waals surface area contributed by atoms with Gasteiger partial charge in [-0.2, -0.15) is 5.10 Å². The fraction of sp³-hybridized carbons (Fsp3) is 0.400. The smallest absolute Gasteiger partial charge is 0.161 e. The minimum absolute atomic E-state index is 0.148. The lowest BCUT2D eigenvalue weighted by atomic mass is 10.0. The quantitative estimate of drug-likeness (QED) is 0.934. The molecule has 0 saturated carbocycles. The molecule has 0 spiro atoms. The summed E-state index contributed by atoms with van der Waals surface area (Å²) in [5.41, 5.74) is 8.35. The number of nitrogens with zero attached hydrogens (tertiary/aromatic N) is 2. The third-order valence-corrected chi connectivity index (χ3v) is 3.36. The van der Waals surface area contributed by atoms with Crippen LogP contribution in [-0.4, -0.2) is 16.9 Å². The van der Waals surface area contributed by atoms with Gasteiger partial charge >= 0.3 is 0 Å². The molecule has 5 heteroatoms. The number of hydrogen-bond donors (Lipinski definition) is 1. The number of ether oxygens (including phenoxy) is 1. The summed E-state index contributed by atoms with van der Waals surface area (Å²) in [6.07, 6.45) is 1.64. The van der Waals surface area contributed by atoms with Crippen molar-refractivity contribution in [3.8, 4) is 5.75 Å². The third kappa shape index (κ3) is 2.54. The predicted molar refractivity (Wildman–Crippen MR) is 76.3 cm³/mol. The largest absolute Gasteiger partial charge is 0.493 e. The van der Waals surface area contributed by atoms with Crippen LogP contribution in [0.3, 0.4) is 0 Å². The Bertz CT molecular complexity index is 607. The molecule has 0 saturated heterocycles. The average molecular weight is 277 g/mol. The molecule has 20 heavy (non-hydrogen) atoms. The molecule has 0 radical (unpaired) electrons. The topological polar surface area (TPSA) is 53.1 Å². The second kappa shape index (κ2) is 5.63. The Kier molecular flexibility index (Phi) is 4.09. The van der Waals surface area contributed by atoms with E-state index in [0.29, 0.717) is 16.9 Å². The molecule has 2 N–H and O–H groups in total. The van der Waals surface area contributed by atoms with Gasteiger partial charge < -0.3 is 10.5 Å². The number of aryl methyl sites for hydroxylation is 1. The van der Waals surface area contributed by atoms with Crippen LogP contribution in [0.1, 0.15) is 42.8 Å². The monoisotopic (exact) mass is 277 g/mol. The van der Waals surface area contributed by atoms with Crippen LogP contribution in [-0.2, 0) is 0 Å². The van der Waals surface area contributed by atoms with Crippen molar-refractivity contribution in [3.63, 3.8) is 0 Å². The van der Waals surface area contributed by atoms with Crippen LogP contribution in [0.15, 0.2) is 24.4 Å². The number of benzene rings is 1. The Labute approximate surface area is 118 Å². The maximum atomic E-state index is 13.7. The van der Waals surface area contributed by atoms with Crippen LogP contribution >= 0.6 is 0 Å². The van der Waals surface area contributed by atoms with Gasteiger partial charge in [-0.25, -0.2) is 4.39 Å². The Morgan fingerprint density at radius 2 is 2.05 bits per heavy atom. The van der Waals surface area contributed by atoms with Gasteiger partial charge in [0, 0.05) is 6.04 Å². The minimum atomic E-state index is -0.482. The van der Waals surface area contributed by atoms with Crippen molar-refractivity contribution in [2.45, 2.75) is 32.9 Å². The fourth-order valence-electron chi connectivity index (χ4n) is 2.18. The number of rotatable bonds is 4. The summed E-state index contributed by atoms with van der Waals surface area (Å²) in [6, 6.07) is 4.70. The van der Waals surface area contributed by atoms with Crippen molar-refractivity contribution in [2.24, 2.45) is 5.73 Å². The van der Waals surface area contributed by atoms with Gasteiger partial charge in [-0.05, 0) is 38.0 Å². The van der Waals surface area contributed by atoms with Crippen molar-refractivity contribution in [3.05, 3.63) is 47.0 Å². The summed E-state index contributed by atoms with van der Waals surface area (Å²) in [4.78, 5) is 0. The third-order valence-electron chi connectivity index (χ3n) is 3.36. The molecule has 1 aromatic heterocycles. The second-order valence-electron chi connectivity index (χ2n) is 5.12. The maximum Gasteiger partial charge on any atom is 0.161 e. The van der Waals surface area contributed by atoms with Gasteiger partial charge in [0.25, 0.3) is 0 Å². The Hall–Kier alpha value is -1.88. The molecule has 1 heterocycles. The molecule has 2 rings (SSSR count). The van der Waals surface area contributed by atoms with Gasteiger partial charge in [-0.1, -0.05) is 12.1 Å². The molecular formula is C15H20FN3O. The van der Waals surface area contributed by atoms with Crippen molar-refractivity contribution < 1.29 is 9.13 Å². The van der Waals surface area contributed by atoms with Crippen molar-refractivity contribution in [2.75, 3.05) is 7.11 Å². The highest BCUT2D eigenvalue weighted by Gasteiger charge is 2.22. The maximum absolute atomic E-state index is 13.7. The number of halogens is 1. The summed E-state index contributed by atoms with van der Waals surface area (Å²) >= 11 is 0. The number of aromatic nitrogens is 2. The molecule has 1 aromatic carbocycles. The molecule has 1 atom stereocenters. The van der Waals surface area contributed by atoms with Crippen LogP contribution in [0.25, 0.3) is 0 Å². The van der Waals surface area contributed by atoms with Crippen LogP contribution in [0.5, 0.6) is 5.75 Å². The van der Waals surface area contributed by atoms with Crippen molar-refractivity contribution in [1.82, 2.24) is 9.78 Å². The first-order valence-corrected chi connectivity index (χ1v) is 6.58. The molecule has 0 amide bonds. The van der Waals surface area contributed by atoms with E-state index >= 15 is 0 Å². The van der Waals surface area contributed by atoms with Crippen LogP contribution in [0.2, 0.25) is 0 Å². The first-order valence-electron chi connectivity index (χ1n) is 6.58. The Morgan fingerprint density at radius 1 is 1.35 bits per heavy atom. The van der Waals surface area contributed by atoms with E-state index in [9.17, 15) is 4.39 Å². The SMILES string of the molecule is COc1cnn(C(C)C)c1C(N)c1ccc(C)c(F)c1. The molecular weight excluding hydrogens is 257 g/mol. The zero-order valence-electron chi connectivity index (χ0n) is 12.2. The van der Waals surface area contributed by atoms with E-state index in [1.165, 1.54) is 6.07 Å². The minimum Gasteiger partial charge on any atom is -0.493 e. The lowest BCUT2D eigenvalue weighted by Crippen LogP contribution is -2.19. The van der Waals surface area contributed by atoms with Gasteiger partial charge in [-0.3, -0.25) is 4.68 Å². The molecule has 1 unspecified atom stereocenters. The van der Waals surface area contributed by atoms with Crippen molar-refractivity contribution in [1.29, 1.82) is 0 Å². The zero-order chi connectivity index (χ0) is 14.9. The zero-order valence-corrected chi connectivity index (χ0v) is 12.2. The van der Waals surface area contributed by atoms with Gasteiger partial charge in [0.2, 0.25) is 0 Å². The van der Waals surface area contributed by atoms with E-state index in [-0.39, 0.29) is 11.9 Å². The highest BCUT2D eigenvalue weighted by molar-refractivity contribution is 5.37. The molecule has 0 fully saturated rings. The lowest BCUT2D eigenvalue weighted by molar-refractivity contribution is 0.400. The average Bonchev–Trinajstić information content (AvgIpc) is 2.85. The Balaban J connectivity index is 2.49. The molecule has 108 valence electrons. The van der Waals surface area contributed by atoms with E-state index < -0.39 is 6.04 Å². The predicted octanol–water partition coefficient (Wildman–Crippen LogP) is 2.97. The molecule has 2 aromatic rings. The van der Waals surface area contributed by atoms with Gasteiger partial charge in [0.15, 0.2) is 5.75 Å². The van der Waals surface area contributed by atoms with Crippen LogP contribution in [0, 0.1) is 12.7 Å². The molecule has 4 nitrogen and oxygen atoms in total. The highest BCUT2D eigenvalue weighted by Crippen LogP contribution is 2.30. The van der Waals surface area contributed by atoms with E-state index in [4.69, 9.17) is 10.5 Å². The first kappa shape index (κ1) is 14.5. The normalized spacial score (nSPS) is 12.8. The number of nitrogens with two attached hydrogens (primary N) is 1. The number of hydrogen-bond acceptors (Lipinski definition) is 3. The molecule has 0 bridgehead atoms. The van der Waals surface area contributed by atoms with Crippen LogP contribution in [0.4, 0.5) is 4.39 Å². The highest BCUT2D eigenvalue weighted by atomic mass is 19.1. The Morgan fingerprint density at radius 3 is 2.60 bits per heavy atom. The fourth-order valence-corrected chi connectivity index (χ4v) is 2.18. The van der Waals surface area contributed by atoms with E-state index in [2.05, 4.69) is 5.10 Å². The lowest BCUT2D eigenvalue weighted by Gasteiger charge is -2.18. The van der Waals surface area contributed by atoms with Crippen molar-refractivity contribution >= 4 is 0 Å². The van der Waals surface area contributed by atoms with Crippen LogP contribution < -0.4 is 10.5 Å². The van der Waals surface area contributed by atoms with Gasteiger partial charge in [-0.15, -0.1) is 0 Å². The summed E-state index contributed by atoms with van der Waals surface area (Å²) < 4.78 is 20.8. The first-order chi connectivity index (χ1) is 9.45. The van der Waals surface area contributed by atoms with E-state index in [1.54, 1.807) is 31.0 Å². The van der Waals surface area contributed by atoms with Gasteiger partial charge in [0.1, 0.15) is 11.5 Å². The summed E-state index contributed by atoms with van der Waals surface area (Å²) in [5, 5.41) is 4.29. The summed E-state index contributed by atoms with van der Waals surface area (Å²) in [6.45, 7) is 5.75. The summed E-state index contributed by atoms with van der Waals surface area (Å²) in [5.74, 6) is 0.361. The van der Waals surface area contributed by atoms with E-state index in [0.717, 1.165) is 5.69 Å². The standard InChI is InChI=1S/C15H20FN3O/c1-9(2)19-15(13(20-4)8-18-19)14(17)11-6-5-10(3)12(16)7-11/h5-9,14H,17H2,1-4H3. The van der Waals surface area contributed by atoms with Gasteiger partial charge in [0.05, 0.1) is 19.3 Å². The summed E-state index contributed by atoms with van der Waals surface area (Å²) in [7, 11) is 1.58. The second-order valence-corrected chi connectivity index (χ2v) is 5.12. The van der Waals surface area contributed by atoms with E-state index in [1.807, 2.05) is 19.9 Å².